The molecule has 3 aromatic rings. The van der Waals surface area contributed by atoms with Crippen LogP contribution in [0.1, 0.15) is 59.1 Å². The number of benzene rings is 1. The molecule has 4 rings (SSSR count). The van der Waals surface area contributed by atoms with Crippen molar-refractivity contribution in [1.29, 1.82) is 0 Å². The molecular weight excluding hydrogens is 338 g/mol. The molecule has 140 valence electrons. The molecule has 1 aromatic carbocycles. The van der Waals surface area contributed by atoms with E-state index in [1.165, 1.54) is 11.3 Å². The third-order valence-corrected chi connectivity index (χ3v) is 5.41. The number of nitrogens with zero attached hydrogens (tertiary/aromatic N) is 4. The lowest BCUT2D eigenvalue weighted by atomic mass is 9.96. The number of aromatic nitrogens is 4. The summed E-state index contributed by atoms with van der Waals surface area (Å²) in [7, 11) is 0. The van der Waals surface area contributed by atoms with Crippen LogP contribution in [0.15, 0.2) is 42.7 Å². The Morgan fingerprint density at radius 1 is 1.33 bits per heavy atom. The Balaban J connectivity index is 1.53. The minimum atomic E-state index is 0.0827. The molecular formula is C21H25N5O. The molecule has 2 aromatic heterocycles. The van der Waals surface area contributed by atoms with Gasteiger partial charge in [-0.05, 0) is 30.2 Å². The van der Waals surface area contributed by atoms with Gasteiger partial charge in [-0.25, -0.2) is 0 Å². The summed E-state index contributed by atoms with van der Waals surface area (Å²) in [5.74, 6) is 0.483. The van der Waals surface area contributed by atoms with E-state index in [9.17, 15) is 4.79 Å². The normalized spacial score (nSPS) is 14.8. The van der Waals surface area contributed by atoms with Gasteiger partial charge in [0.05, 0.1) is 12.2 Å². The summed E-state index contributed by atoms with van der Waals surface area (Å²) >= 11 is 0. The van der Waals surface area contributed by atoms with E-state index in [1.807, 2.05) is 46.1 Å². The highest BCUT2D eigenvalue weighted by Crippen LogP contribution is 2.28. The van der Waals surface area contributed by atoms with E-state index in [0.717, 1.165) is 36.2 Å². The number of amides is 1. The van der Waals surface area contributed by atoms with Gasteiger partial charge in [0.2, 0.25) is 0 Å². The van der Waals surface area contributed by atoms with Gasteiger partial charge < -0.3 is 4.90 Å². The topological polar surface area (TPSA) is 66.8 Å². The first-order valence-corrected chi connectivity index (χ1v) is 9.57. The quantitative estimate of drug-likeness (QED) is 0.756. The maximum atomic E-state index is 13.1. The molecule has 6 heteroatoms. The molecule has 0 spiro atoms. The van der Waals surface area contributed by atoms with Gasteiger partial charge in [0.1, 0.15) is 0 Å². The molecule has 0 fully saturated rings. The van der Waals surface area contributed by atoms with Crippen molar-refractivity contribution in [3.05, 3.63) is 70.8 Å². The van der Waals surface area contributed by atoms with Crippen LogP contribution in [0.2, 0.25) is 0 Å². The number of hydrogen-bond acceptors (Lipinski definition) is 3. The van der Waals surface area contributed by atoms with Gasteiger partial charge in [0, 0.05) is 54.6 Å². The van der Waals surface area contributed by atoms with Crippen LogP contribution in [0.4, 0.5) is 0 Å². The number of carbonyl (C=O) groups excluding carboxylic acids is 1. The number of fused-ring (bicyclic) bond motifs is 1. The maximum Gasteiger partial charge on any atom is 0.254 e. The minimum Gasteiger partial charge on any atom is -0.334 e. The summed E-state index contributed by atoms with van der Waals surface area (Å²) < 4.78 is 1.86. The second-order valence-electron chi connectivity index (χ2n) is 7.26. The Bertz CT molecular complexity index is 928. The number of hydrogen-bond donors (Lipinski definition) is 1. The van der Waals surface area contributed by atoms with Crippen LogP contribution in [-0.2, 0) is 19.5 Å². The average Bonchev–Trinajstić information content (AvgIpc) is 3.36. The zero-order valence-electron chi connectivity index (χ0n) is 15.9. The highest BCUT2D eigenvalue weighted by Gasteiger charge is 2.27. The van der Waals surface area contributed by atoms with Gasteiger partial charge in [-0.15, -0.1) is 0 Å². The highest BCUT2D eigenvalue weighted by atomic mass is 16.2. The van der Waals surface area contributed by atoms with Crippen molar-refractivity contribution in [2.24, 2.45) is 0 Å². The van der Waals surface area contributed by atoms with Crippen LogP contribution in [0.5, 0.6) is 0 Å². The molecule has 1 atom stereocenters. The van der Waals surface area contributed by atoms with Crippen LogP contribution in [0.25, 0.3) is 0 Å². The van der Waals surface area contributed by atoms with Crippen LogP contribution in [-0.4, -0.2) is 37.3 Å². The van der Waals surface area contributed by atoms with Crippen LogP contribution in [0, 0.1) is 0 Å². The van der Waals surface area contributed by atoms with E-state index in [1.54, 1.807) is 6.20 Å². The second kappa shape index (κ2) is 7.39. The summed E-state index contributed by atoms with van der Waals surface area (Å²) in [6, 6.07) is 9.76. The molecule has 6 nitrogen and oxygen atoms in total. The number of H-pyrrole nitrogens is 1. The first-order valence-electron chi connectivity index (χ1n) is 9.57. The highest BCUT2D eigenvalue weighted by molar-refractivity contribution is 5.94. The molecule has 0 unspecified atom stereocenters. The predicted octanol–water partition coefficient (Wildman–Crippen LogP) is 3.37. The molecule has 1 aliphatic heterocycles. The van der Waals surface area contributed by atoms with Crippen molar-refractivity contribution >= 4 is 5.91 Å². The Morgan fingerprint density at radius 3 is 3.00 bits per heavy atom. The molecule has 1 aliphatic rings. The lowest BCUT2D eigenvalue weighted by molar-refractivity contribution is 0.0733. The molecule has 3 heterocycles. The molecule has 27 heavy (non-hydrogen) atoms. The van der Waals surface area contributed by atoms with E-state index in [-0.39, 0.29) is 5.91 Å². The number of carbonyl (C=O) groups is 1. The van der Waals surface area contributed by atoms with Gasteiger partial charge in [0.25, 0.3) is 5.91 Å². The number of aromatic amines is 1. The van der Waals surface area contributed by atoms with Gasteiger partial charge in [0.15, 0.2) is 0 Å². The van der Waals surface area contributed by atoms with Gasteiger partial charge >= 0.3 is 0 Å². The Morgan fingerprint density at radius 2 is 2.22 bits per heavy atom. The smallest absolute Gasteiger partial charge is 0.254 e. The molecule has 0 saturated carbocycles. The summed E-state index contributed by atoms with van der Waals surface area (Å²) in [4.78, 5) is 15.1. The fraction of sp³-hybridized carbons (Fsp3) is 0.381. The summed E-state index contributed by atoms with van der Waals surface area (Å²) in [6.45, 7) is 6.38. The largest absolute Gasteiger partial charge is 0.334 e. The summed E-state index contributed by atoms with van der Waals surface area (Å²) in [5.41, 5.74) is 5.30. The standard InChI is InChI=1S/C21H25N5O/c1-3-15(2)20-18-14-25(11-8-19(18)23-24-20)21(27)17-7-4-6-16(12-17)13-26-10-5-9-22-26/h4-7,9-10,12,15H,3,8,11,13-14H2,1-2H3,(H,23,24)/t15-/m1/s1. The van der Waals surface area contributed by atoms with Crippen molar-refractivity contribution < 1.29 is 4.79 Å². The van der Waals surface area contributed by atoms with Gasteiger partial charge in [-0.1, -0.05) is 26.0 Å². The molecule has 0 radical (unpaired) electrons. The Hall–Kier alpha value is -2.89. The van der Waals surface area contributed by atoms with E-state index < -0.39 is 0 Å². The van der Waals surface area contributed by atoms with Crippen molar-refractivity contribution in [1.82, 2.24) is 24.9 Å². The van der Waals surface area contributed by atoms with Crippen LogP contribution < -0.4 is 0 Å². The van der Waals surface area contributed by atoms with Gasteiger partial charge in [-0.2, -0.15) is 10.2 Å². The molecule has 0 aliphatic carbocycles. The Kier molecular flexibility index (Phi) is 4.79. The fourth-order valence-electron chi connectivity index (χ4n) is 3.66. The summed E-state index contributed by atoms with van der Waals surface area (Å²) in [6.07, 6.45) is 5.56. The third kappa shape index (κ3) is 3.52. The number of nitrogens with one attached hydrogen (secondary N) is 1. The lowest BCUT2D eigenvalue weighted by Gasteiger charge is -2.28. The average molecular weight is 363 g/mol. The monoisotopic (exact) mass is 363 g/mol. The van der Waals surface area contributed by atoms with Crippen LogP contribution >= 0.6 is 0 Å². The third-order valence-electron chi connectivity index (χ3n) is 5.41. The fourth-order valence-corrected chi connectivity index (χ4v) is 3.66. The zero-order chi connectivity index (χ0) is 18.8. The molecule has 1 amide bonds. The minimum absolute atomic E-state index is 0.0827. The molecule has 0 saturated heterocycles. The summed E-state index contributed by atoms with van der Waals surface area (Å²) in [5, 5.41) is 11.9. The second-order valence-corrected chi connectivity index (χ2v) is 7.26. The zero-order valence-corrected chi connectivity index (χ0v) is 15.9. The predicted molar refractivity (Wildman–Crippen MR) is 104 cm³/mol. The maximum absolute atomic E-state index is 13.1. The van der Waals surface area contributed by atoms with E-state index in [4.69, 9.17) is 0 Å². The molecule has 0 bridgehead atoms. The van der Waals surface area contributed by atoms with Crippen molar-refractivity contribution in [2.75, 3.05) is 6.54 Å². The Labute approximate surface area is 159 Å². The first-order chi connectivity index (χ1) is 13.2. The van der Waals surface area contributed by atoms with Crippen molar-refractivity contribution in [3.63, 3.8) is 0 Å². The van der Waals surface area contributed by atoms with Gasteiger partial charge in [-0.3, -0.25) is 14.6 Å². The lowest BCUT2D eigenvalue weighted by Crippen LogP contribution is -2.36. The first kappa shape index (κ1) is 17.5. The number of rotatable bonds is 5. The van der Waals surface area contributed by atoms with Crippen molar-refractivity contribution in [3.8, 4) is 0 Å². The van der Waals surface area contributed by atoms with Crippen molar-refractivity contribution in [2.45, 2.75) is 45.7 Å². The van der Waals surface area contributed by atoms with E-state index >= 15 is 0 Å². The van der Waals surface area contributed by atoms with Crippen LogP contribution in [0.3, 0.4) is 0 Å². The SMILES string of the molecule is CC[C@@H](C)c1n[nH]c2c1CN(C(=O)c1cccc(Cn3cccn3)c1)CC2. The van der Waals surface area contributed by atoms with E-state index in [0.29, 0.717) is 19.0 Å². The van der Waals surface area contributed by atoms with E-state index in [2.05, 4.69) is 29.1 Å². The molecule has 1 N–H and O–H groups in total.